The van der Waals surface area contributed by atoms with Gasteiger partial charge in [0, 0.05) is 26.3 Å². The number of carbonyl (C=O) groups excluding carboxylic acids is 2. The molecule has 0 spiro atoms. The zero-order valence-electron chi connectivity index (χ0n) is 18.6. The van der Waals surface area contributed by atoms with Crippen LogP contribution in [0.5, 0.6) is 11.5 Å². The maximum absolute atomic E-state index is 13.4. The molecular weight excluding hydrogens is 408 g/mol. The summed E-state index contributed by atoms with van der Waals surface area (Å²) in [5.41, 5.74) is 2.54. The number of hydrogen-bond acceptors (Lipinski definition) is 4. The molecule has 2 N–H and O–H groups in total. The van der Waals surface area contributed by atoms with Crippen LogP contribution in [0.1, 0.15) is 56.3 Å². The normalized spacial score (nSPS) is 21.1. The molecule has 2 aliphatic carbocycles. The van der Waals surface area contributed by atoms with E-state index in [0.717, 1.165) is 30.4 Å². The van der Waals surface area contributed by atoms with Gasteiger partial charge in [0.2, 0.25) is 5.78 Å². The molecule has 1 unspecified atom stereocenters. The summed E-state index contributed by atoms with van der Waals surface area (Å²) in [6, 6.07) is 6.27. The summed E-state index contributed by atoms with van der Waals surface area (Å²) in [4.78, 5) is 26.5. The van der Waals surface area contributed by atoms with Crippen LogP contribution in [0.25, 0.3) is 0 Å². The van der Waals surface area contributed by atoms with Gasteiger partial charge in [-0.3, -0.25) is 9.59 Å². The molecule has 1 atom stereocenters. The molecule has 0 heterocycles. The van der Waals surface area contributed by atoms with Crippen molar-refractivity contribution in [2.75, 3.05) is 0 Å². The first-order chi connectivity index (χ1) is 13.8. The third-order valence-electron chi connectivity index (χ3n) is 8.37. The van der Waals surface area contributed by atoms with E-state index in [1.807, 2.05) is 0 Å². The molecule has 4 rings (SSSR count). The van der Waals surface area contributed by atoms with E-state index in [-0.39, 0.29) is 39.0 Å². The molecule has 6 heteroatoms. The van der Waals surface area contributed by atoms with Crippen molar-refractivity contribution >= 4 is 26.7 Å². The molecule has 2 aromatic rings. The average Bonchev–Trinajstić information content (AvgIpc) is 2.63. The maximum Gasteiger partial charge on any atom is 0.201 e. The van der Waals surface area contributed by atoms with E-state index in [4.69, 9.17) is 0 Å². The van der Waals surface area contributed by atoms with E-state index in [0.29, 0.717) is 5.56 Å². The maximum atomic E-state index is 13.4. The molecule has 30 heavy (non-hydrogen) atoms. The number of carbonyl (C=O) groups is 2. The van der Waals surface area contributed by atoms with Crippen LogP contribution in [-0.4, -0.2) is 37.0 Å². The highest BCUT2D eigenvalue weighted by Crippen LogP contribution is 2.53. The van der Waals surface area contributed by atoms with E-state index < -0.39 is 21.0 Å². The van der Waals surface area contributed by atoms with Gasteiger partial charge in [-0.05, 0) is 47.6 Å². The average molecular weight is 439 g/mol. The zero-order valence-corrected chi connectivity index (χ0v) is 20.6. The Hall–Kier alpha value is -2.19. The summed E-state index contributed by atoms with van der Waals surface area (Å²) >= 11 is 0. The predicted molar refractivity (Wildman–Crippen MR) is 124 cm³/mol. The second kappa shape index (κ2) is 6.41. The summed E-state index contributed by atoms with van der Waals surface area (Å²) in [6.07, 6.45) is 2.57. The highest BCUT2D eigenvalue weighted by Gasteiger charge is 2.52. The topological polar surface area (TPSA) is 74.6 Å². The highest BCUT2D eigenvalue weighted by molar-refractivity contribution is 7.41. The third-order valence-corrected chi connectivity index (χ3v) is 28.6. The first kappa shape index (κ1) is 21.1. The van der Waals surface area contributed by atoms with Gasteiger partial charge in [-0.15, -0.1) is 0 Å². The third kappa shape index (κ3) is 2.69. The molecule has 0 fully saturated rings. The van der Waals surface area contributed by atoms with Crippen LogP contribution in [0.2, 0.25) is 37.8 Å². The number of phenols is 2. The molecule has 0 aromatic heterocycles. The van der Waals surface area contributed by atoms with Gasteiger partial charge in [-0.1, -0.05) is 51.8 Å². The number of benzene rings is 2. The molecule has 4 nitrogen and oxygen atoms in total. The number of hydrogen-bond donors (Lipinski definition) is 2. The van der Waals surface area contributed by atoms with Crippen LogP contribution in [0.3, 0.4) is 0 Å². The van der Waals surface area contributed by atoms with E-state index >= 15 is 0 Å². The molecule has 0 amide bonds. The fraction of sp³-hybridized carbons (Fsp3) is 0.417. The van der Waals surface area contributed by atoms with Crippen LogP contribution in [0, 0.1) is 0 Å². The van der Waals surface area contributed by atoms with Crippen LogP contribution in [0.15, 0.2) is 24.3 Å². The lowest BCUT2D eigenvalue weighted by Gasteiger charge is -2.52. The molecule has 0 radical (unpaired) electrons. The van der Waals surface area contributed by atoms with Crippen LogP contribution < -0.4 is 0 Å². The van der Waals surface area contributed by atoms with Crippen molar-refractivity contribution < 1.29 is 19.8 Å². The predicted octanol–water partition coefficient (Wildman–Crippen LogP) is 5.25. The molecule has 0 aliphatic heterocycles. The van der Waals surface area contributed by atoms with Crippen molar-refractivity contribution in [1.82, 2.24) is 0 Å². The lowest BCUT2D eigenvalue weighted by atomic mass is 9.74. The van der Waals surface area contributed by atoms with Crippen LogP contribution in [0.4, 0.5) is 0 Å². The Morgan fingerprint density at radius 1 is 0.900 bits per heavy atom. The smallest absolute Gasteiger partial charge is 0.201 e. The number of phenolic OH excluding ortho intramolecular Hbond substituents is 2. The van der Waals surface area contributed by atoms with Gasteiger partial charge in [-0.2, -0.15) is 0 Å². The van der Waals surface area contributed by atoms with Crippen molar-refractivity contribution in [3.05, 3.63) is 57.6 Å². The minimum atomic E-state index is -1.57. The van der Waals surface area contributed by atoms with Gasteiger partial charge < -0.3 is 10.2 Å². The van der Waals surface area contributed by atoms with E-state index in [1.165, 1.54) is 6.07 Å². The second-order valence-corrected chi connectivity index (χ2v) is 28.0. The summed E-state index contributed by atoms with van der Waals surface area (Å²) in [7, 11) is -2.93. The van der Waals surface area contributed by atoms with Crippen LogP contribution >= 0.6 is 0 Å². The largest absolute Gasteiger partial charge is 0.507 e. The van der Waals surface area contributed by atoms with E-state index in [1.54, 1.807) is 18.2 Å². The fourth-order valence-corrected chi connectivity index (χ4v) is 14.5. The van der Waals surface area contributed by atoms with Gasteiger partial charge in [0.15, 0.2) is 5.78 Å². The van der Waals surface area contributed by atoms with Gasteiger partial charge >= 0.3 is 0 Å². The summed E-state index contributed by atoms with van der Waals surface area (Å²) in [6.45, 7) is 14.7. The van der Waals surface area contributed by atoms with Crippen molar-refractivity contribution in [2.24, 2.45) is 0 Å². The molecular formula is C24H30O4Si2. The minimum Gasteiger partial charge on any atom is -0.507 e. The Kier molecular flexibility index (Phi) is 4.50. The quantitative estimate of drug-likeness (QED) is 0.536. The van der Waals surface area contributed by atoms with Crippen molar-refractivity contribution in [3.8, 4) is 11.5 Å². The SMILES string of the molecule is CC1([Si](C)(C)[Si](C)(C)C)CCc2c(cc(O)c3c2C(=O)c2cccc(O)c2C3=O)C1. The van der Waals surface area contributed by atoms with Gasteiger partial charge in [0.05, 0.1) is 11.1 Å². The summed E-state index contributed by atoms with van der Waals surface area (Å²) < 4.78 is 0. The van der Waals surface area contributed by atoms with Gasteiger partial charge in [0.1, 0.15) is 11.5 Å². The Bertz CT molecular complexity index is 1110. The summed E-state index contributed by atoms with van der Waals surface area (Å²) in [5, 5.41) is 21.2. The fourth-order valence-electron chi connectivity index (χ4n) is 5.26. The number of ketones is 2. The Balaban J connectivity index is 1.89. The Morgan fingerprint density at radius 2 is 1.57 bits per heavy atom. The lowest BCUT2D eigenvalue weighted by Crippen LogP contribution is -2.61. The second-order valence-electron chi connectivity index (χ2n) is 10.8. The summed E-state index contributed by atoms with van der Waals surface area (Å²) in [5.74, 6) is -1.10. The monoisotopic (exact) mass is 438 g/mol. The van der Waals surface area contributed by atoms with E-state index in [2.05, 4.69) is 39.7 Å². The van der Waals surface area contributed by atoms with Crippen molar-refractivity contribution in [2.45, 2.75) is 64.0 Å². The lowest BCUT2D eigenvalue weighted by molar-refractivity contribution is 0.0973. The van der Waals surface area contributed by atoms with Crippen molar-refractivity contribution in [3.63, 3.8) is 0 Å². The Labute approximate surface area is 179 Å². The molecule has 2 aromatic carbocycles. The first-order valence-electron chi connectivity index (χ1n) is 10.6. The van der Waals surface area contributed by atoms with Crippen molar-refractivity contribution in [1.29, 1.82) is 0 Å². The highest BCUT2D eigenvalue weighted by atomic mass is 29.3. The Morgan fingerprint density at radius 3 is 2.20 bits per heavy atom. The first-order valence-corrected chi connectivity index (χ1v) is 18.1. The van der Waals surface area contributed by atoms with Gasteiger partial charge in [0.25, 0.3) is 0 Å². The zero-order chi connectivity index (χ0) is 22.2. The molecule has 158 valence electrons. The molecule has 0 saturated carbocycles. The number of aromatic hydroxyl groups is 2. The minimum absolute atomic E-state index is 0.00169. The molecule has 0 saturated heterocycles. The van der Waals surface area contributed by atoms with E-state index in [9.17, 15) is 19.8 Å². The van der Waals surface area contributed by atoms with Crippen LogP contribution in [-0.2, 0) is 12.8 Å². The number of rotatable bonds is 2. The number of fused-ring (bicyclic) bond motifs is 4. The molecule has 0 bridgehead atoms. The standard InChI is InChI=1S/C24H30O4Si2/c1-24(30(5,6)29(2,3)4)11-10-15-14(13-24)12-18(26)21-20(15)22(27)16-8-7-9-17(25)19(16)23(21)28/h7-9,12,25-26H,10-11,13H2,1-6H3. The van der Waals surface area contributed by atoms with Gasteiger partial charge in [-0.25, -0.2) is 0 Å². The molecule has 2 aliphatic rings.